The Morgan fingerprint density at radius 3 is 2.28 bits per heavy atom. The van der Waals surface area contributed by atoms with Crippen molar-refractivity contribution in [1.29, 1.82) is 5.26 Å². The summed E-state index contributed by atoms with van der Waals surface area (Å²) < 4.78 is 38.3. The fourth-order valence-electron chi connectivity index (χ4n) is 3.55. The first-order chi connectivity index (χ1) is 13.8. The Hall–Kier alpha value is -2.41. The van der Waals surface area contributed by atoms with Gasteiger partial charge in [-0.1, -0.05) is 13.8 Å². The molecule has 2 aromatic rings. The monoisotopic (exact) mass is 418 g/mol. The molecule has 1 aromatic heterocycles. The molecule has 0 amide bonds. The lowest BCUT2D eigenvalue weighted by molar-refractivity contribution is -0.00638. The van der Waals surface area contributed by atoms with Gasteiger partial charge in [0.05, 0.1) is 17.1 Å². The van der Waals surface area contributed by atoms with Gasteiger partial charge < -0.3 is 14.1 Å². The first kappa shape index (κ1) is 21.3. The predicted molar refractivity (Wildman–Crippen MR) is 109 cm³/mol. The molecule has 1 aromatic carbocycles. The molecule has 1 aliphatic rings. The number of hydrogen-bond donors (Lipinski definition) is 0. The van der Waals surface area contributed by atoms with Gasteiger partial charge in [0, 0.05) is 31.7 Å². The molecule has 1 aliphatic heterocycles. The number of aromatic nitrogens is 1. The summed E-state index contributed by atoms with van der Waals surface area (Å²) in [5.41, 5.74) is 0.821. The largest absolute Gasteiger partial charge is 0.419 e. The molecule has 0 N–H and O–H groups in total. The summed E-state index contributed by atoms with van der Waals surface area (Å²) in [6, 6.07) is 8.47. The zero-order valence-electron chi connectivity index (χ0n) is 17.1. The molecule has 0 aliphatic carbocycles. The second-order valence-electron chi connectivity index (χ2n) is 7.06. The van der Waals surface area contributed by atoms with Crippen molar-refractivity contribution in [3.05, 3.63) is 30.0 Å². The van der Waals surface area contributed by atoms with Gasteiger partial charge in [0.25, 0.3) is 0 Å². The maximum absolute atomic E-state index is 12.6. The molecule has 9 heteroatoms. The highest BCUT2D eigenvalue weighted by Crippen LogP contribution is 2.31. The SMILES string of the molecule is CCN(CC)S(=O)(=O)c1ccc(-c2nc(C#N)c(N3C[C@H](C)O[C@@H](C)C3)o2)cc1. The number of morpholine rings is 1. The maximum atomic E-state index is 12.6. The molecule has 0 radical (unpaired) electrons. The molecule has 1 fully saturated rings. The standard InChI is InChI=1S/C20H26N4O4S/c1-5-24(6-2)29(25,26)17-9-7-16(8-10-17)19-22-18(11-21)20(28-19)23-12-14(3)27-15(4)13-23/h7-10,14-15H,5-6,12-13H2,1-4H3/t14-,15-/m0/s1. The summed E-state index contributed by atoms with van der Waals surface area (Å²) in [6.07, 6.45) is 0.0341. The maximum Gasteiger partial charge on any atom is 0.243 e. The van der Waals surface area contributed by atoms with Crippen LogP contribution in [0.2, 0.25) is 0 Å². The fraction of sp³-hybridized carbons (Fsp3) is 0.500. The number of benzene rings is 1. The predicted octanol–water partition coefficient (Wildman–Crippen LogP) is 2.86. The van der Waals surface area contributed by atoms with Crippen LogP contribution in [0, 0.1) is 11.3 Å². The van der Waals surface area contributed by atoms with Crippen LogP contribution < -0.4 is 4.90 Å². The third-order valence-corrected chi connectivity index (χ3v) is 6.93. The molecule has 0 saturated carbocycles. The Bertz CT molecular complexity index is 980. The number of rotatable bonds is 6. The Labute approximate surface area is 171 Å². The van der Waals surface area contributed by atoms with Crippen molar-refractivity contribution in [3.8, 4) is 17.5 Å². The molecule has 0 bridgehead atoms. The molecule has 8 nitrogen and oxygen atoms in total. The lowest BCUT2D eigenvalue weighted by atomic mass is 10.2. The third-order valence-electron chi connectivity index (χ3n) is 4.87. The van der Waals surface area contributed by atoms with Crippen molar-refractivity contribution in [1.82, 2.24) is 9.29 Å². The van der Waals surface area contributed by atoms with Gasteiger partial charge in [0.15, 0.2) is 0 Å². The summed E-state index contributed by atoms with van der Waals surface area (Å²) in [6.45, 7) is 9.59. The van der Waals surface area contributed by atoms with E-state index in [1.165, 1.54) is 16.4 Å². The van der Waals surface area contributed by atoms with Crippen LogP contribution in [0.25, 0.3) is 11.5 Å². The average Bonchev–Trinajstić information content (AvgIpc) is 3.12. The lowest BCUT2D eigenvalue weighted by Crippen LogP contribution is -2.45. The summed E-state index contributed by atoms with van der Waals surface area (Å²) >= 11 is 0. The van der Waals surface area contributed by atoms with Crippen LogP contribution in [-0.2, 0) is 14.8 Å². The first-order valence-corrected chi connectivity index (χ1v) is 11.2. The molecule has 29 heavy (non-hydrogen) atoms. The molecular weight excluding hydrogens is 392 g/mol. The van der Waals surface area contributed by atoms with E-state index in [1.54, 1.807) is 26.0 Å². The quantitative estimate of drug-likeness (QED) is 0.711. The van der Waals surface area contributed by atoms with Crippen LogP contribution in [-0.4, -0.2) is 56.1 Å². The fourth-order valence-corrected chi connectivity index (χ4v) is 5.01. The molecule has 0 spiro atoms. The second kappa shape index (κ2) is 8.53. The van der Waals surface area contributed by atoms with E-state index in [-0.39, 0.29) is 28.7 Å². The lowest BCUT2D eigenvalue weighted by Gasteiger charge is -2.34. The number of ether oxygens (including phenoxy) is 1. The van der Waals surface area contributed by atoms with Crippen LogP contribution in [0.15, 0.2) is 33.6 Å². The zero-order valence-corrected chi connectivity index (χ0v) is 17.9. The topological polar surface area (TPSA) is 99.7 Å². The van der Waals surface area contributed by atoms with Gasteiger partial charge in [0.2, 0.25) is 27.5 Å². The number of anilines is 1. The van der Waals surface area contributed by atoms with Crippen LogP contribution in [0.5, 0.6) is 0 Å². The van der Waals surface area contributed by atoms with E-state index < -0.39 is 10.0 Å². The number of nitrogens with zero attached hydrogens (tertiary/aromatic N) is 4. The molecule has 3 rings (SSSR count). The first-order valence-electron chi connectivity index (χ1n) is 9.72. The van der Waals surface area contributed by atoms with Crippen molar-refractivity contribution in [2.45, 2.75) is 44.8 Å². The Kier molecular flexibility index (Phi) is 6.27. The van der Waals surface area contributed by atoms with E-state index in [1.807, 2.05) is 18.7 Å². The molecule has 0 unspecified atom stereocenters. The number of hydrogen-bond acceptors (Lipinski definition) is 7. The van der Waals surface area contributed by atoms with Crippen molar-refractivity contribution in [3.63, 3.8) is 0 Å². The number of nitriles is 1. The molecule has 156 valence electrons. The molecule has 2 heterocycles. The second-order valence-corrected chi connectivity index (χ2v) is 9.00. The van der Waals surface area contributed by atoms with E-state index in [9.17, 15) is 13.7 Å². The van der Waals surface area contributed by atoms with E-state index >= 15 is 0 Å². The summed E-state index contributed by atoms with van der Waals surface area (Å²) in [7, 11) is -3.53. The van der Waals surface area contributed by atoms with Crippen molar-refractivity contribution < 1.29 is 17.6 Å². The van der Waals surface area contributed by atoms with Gasteiger partial charge in [-0.2, -0.15) is 14.6 Å². The van der Waals surface area contributed by atoms with E-state index in [0.29, 0.717) is 37.6 Å². The average molecular weight is 419 g/mol. The van der Waals surface area contributed by atoms with E-state index in [0.717, 1.165) is 0 Å². The minimum atomic E-state index is -3.53. The van der Waals surface area contributed by atoms with Crippen LogP contribution in [0.3, 0.4) is 0 Å². The van der Waals surface area contributed by atoms with Gasteiger partial charge in [-0.05, 0) is 38.1 Å². The van der Waals surface area contributed by atoms with Crippen molar-refractivity contribution >= 4 is 15.9 Å². The van der Waals surface area contributed by atoms with Crippen molar-refractivity contribution in [2.24, 2.45) is 0 Å². The highest BCUT2D eigenvalue weighted by atomic mass is 32.2. The van der Waals surface area contributed by atoms with Crippen LogP contribution in [0.1, 0.15) is 33.4 Å². The number of sulfonamides is 1. The third kappa shape index (κ3) is 4.29. The van der Waals surface area contributed by atoms with Gasteiger partial charge in [0.1, 0.15) is 6.07 Å². The van der Waals surface area contributed by atoms with E-state index in [2.05, 4.69) is 11.1 Å². The van der Waals surface area contributed by atoms with Crippen LogP contribution >= 0.6 is 0 Å². The molecule has 2 atom stereocenters. The minimum absolute atomic E-state index is 0.0170. The van der Waals surface area contributed by atoms with Gasteiger partial charge in [-0.25, -0.2) is 8.42 Å². The molecule has 1 saturated heterocycles. The smallest absolute Gasteiger partial charge is 0.243 e. The summed E-state index contributed by atoms with van der Waals surface area (Å²) in [4.78, 5) is 6.49. The van der Waals surface area contributed by atoms with E-state index in [4.69, 9.17) is 9.15 Å². The highest BCUT2D eigenvalue weighted by molar-refractivity contribution is 7.89. The van der Waals surface area contributed by atoms with Crippen molar-refractivity contribution in [2.75, 3.05) is 31.1 Å². The Balaban J connectivity index is 1.90. The number of oxazole rings is 1. The zero-order chi connectivity index (χ0) is 21.2. The summed E-state index contributed by atoms with van der Waals surface area (Å²) in [5, 5.41) is 9.49. The minimum Gasteiger partial charge on any atom is -0.419 e. The highest BCUT2D eigenvalue weighted by Gasteiger charge is 2.28. The summed E-state index contributed by atoms with van der Waals surface area (Å²) in [5.74, 6) is 0.708. The van der Waals surface area contributed by atoms with Gasteiger partial charge in [-0.3, -0.25) is 0 Å². The van der Waals surface area contributed by atoms with Crippen LogP contribution in [0.4, 0.5) is 5.88 Å². The Morgan fingerprint density at radius 1 is 1.17 bits per heavy atom. The normalized spacial score (nSPS) is 20.1. The van der Waals surface area contributed by atoms with Gasteiger partial charge >= 0.3 is 0 Å². The Morgan fingerprint density at radius 2 is 1.76 bits per heavy atom. The molecular formula is C20H26N4O4S. The van der Waals surface area contributed by atoms with Gasteiger partial charge in [-0.15, -0.1) is 0 Å².